The second-order valence-electron chi connectivity index (χ2n) is 3.78. The first-order valence-electron chi connectivity index (χ1n) is 5.67. The summed E-state index contributed by atoms with van der Waals surface area (Å²) < 4.78 is 0. The molecule has 0 aliphatic heterocycles. The average molecular weight is 265 g/mol. The monoisotopic (exact) mass is 264 g/mol. The van der Waals surface area contributed by atoms with Crippen molar-refractivity contribution in [2.75, 3.05) is 0 Å². The second kappa shape index (κ2) is 6.80. The largest absolute Gasteiger partial charge is 2.00 e. The van der Waals surface area contributed by atoms with Gasteiger partial charge in [-0.15, -0.1) is 11.5 Å². The van der Waals surface area contributed by atoms with Crippen molar-refractivity contribution in [1.82, 2.24) is 0 Å². The van der Waals surface area contributed by atoms with Crippen molar-refractivity contribution >= 4 is 0 Å². The van der Waals surface area contributed by atoms with E-state index in [2.05, 4.69) is 0 Å². The van der Waals surface area contributed by atoms with Gasteiger partial charge in [-0.3, -0.25) is 0 Å². The van der Waals surface area contributed by atoms with Gasteiger partial charge in [0.1, 0.15) is 0 Å². The molecule has 0 spiro atoms. The van der Waals surface area contributed by atoms with Crippen LogP contribution >= 0.6 is 0 Å². The van der Waals surface area contributed by atoms with Gasteiger partial charge in [-0.05, 0) is 30.4 Å². The predicted octanol–water partition coefficient (Wildman–Crippen LogP) is 1.91. The van der Waals surface area contributed by atoms with Crippen molar-refractivity contribution in [2.24, 2.45) is 0 Å². The number of hydrogen-bond donors (Lipinski definition) is 0. The molecule has 0 heterocycles. The van der Waals surface area contributed by atoms with Gasteiger partial charge in [0, 0.05) is 0 Å². The maximum Gasteiger partial charge on any atom is 2.00 e. The third kappa shape index (κ3) is 2.92. The quantitative estimate of drug-likeness (QED) is 0.780. The van der Waals surface area contributed by atoms with Crippen LogP contribution in [0.4, 0.5) is 0 Å². The Labute approximate surface area is 108 Å². The van der Waals surface area contributed by atoms with E-state index >= 15 is 0 Å². The third-order valence-corrected chi connectivity index (χ3v) is 2.79. The van der Waals surface area contributed by atoms with Crippen LogP contribution in [-0.4, -0.2) is 0 Å². The van der Waals surface area contributed by atoms with E-state index in [4.69, 9.17) is 0 Å². The van der Waals surface area contributed by atoms with Crippen molar-refractivity contribution in [3.05, 3.63) is 22.8 Å². The van der Waals surface area contributed by atoms with E-state index in [1.54, 1.807) is 0 Å². The molecule has 1 rings (SSSR count). The van der Waals surface area contributed by atoms with Gasteiger partial charge >= 0.3 is 16.5 Å². The minimum Gasteiger partial charge on any atom is -0.873 e. The van der Waals surface area contributed by atoms with E-state index < -0.39 is 0 Å². The molecule has 0 amide bonds. The van der Waals surface area contributed by atoms with Gasteiger partial charge in [0.2, 0.25) is 0 Å². The fraction of sp³-hybridized carbons (Fsp3) is 0.538. The molecule has 0 aliphatic rings. The molecule has 3 heteroatoms. The minimum atomic E-state index is -0.340. The molecular weight excluding hydrogens is 247 g/mol. The molecule has 0 bridgehead atoms. The molecular formula is C13H18NiO2. The molecule has 1 aromatic rings. The average Bonchev–Trinajstić information content (AvgIpc) is 2.24. The summed E-state index contributed by atoms with van der Waals surface area (Å²) in [5.74, 6) is -0.626. The molecule has 0 fully saturated rings. The Morgan fingerprint density at radius 2 is 1.62 bits per heavy atom. The molecule has 0 saturated carbocycles. The Morgan fingerprint density at radius 3 is 2.06 bits per heavy atom. The summed E-state index contributed by atoms with van der Waals surface area (Å²) in [5, 5.41) is 23.1. The zero-order valence-corrected chi connectivity index (χ0v) is 11.0. The normalized spacial score (nSPS) is 9.94. The van der Waals surface area contributed by atoms with E-state index in [1.807, 2.05) is 20.8 Å². The molecule has 0 saturated heterocycles. The number of benzene rings is 1. The van der Waals surface area contributed by atoms with Crippen LogP contribution in [0.25, 0.3) is 0 Å². The molecule has 16 heavy (non-hydrogen) atoms. The van der Waals surface area contributed by atoms with Gasteiger partial charge < -0.3 is 10.2 Å². The van der Waals surface area contributed by atoms with Gasteiger partial charge in [0.15, 0.2) is 0 Å². The zero-order chi connectivity index (χ0) is 11.4. The molecule has 0 radical (unpaired) electrons. The van der Waals surface area contributed by atoms with Gasteiger partial charge in [-0.2, -0.15) is 0 Å². The van der Waals surface area contributed by atoms with E-state index in [-0.39, 0.29) is 28.0 Å². The first kappa shape index (κ1) is 15.3. The van der Waals surface area contributed by atoms with Gasteiger partial charge in [-0.1, -0.05) is 38.8 Å². The first-order valence-corrected chi connectivity index (χ1v) is 5.67. The second-order valence-corrected chi connectivity index (χ2v) is 3.78. The van der Waals surface area contributed by atoms with Crippen molar-refractivity contribution in [1.29, 1.82) is 0 Å². The van der Waals surface area contributed by atoms with Crippen LogP contribution < -0.4 is 10.2 Å². The van der Waals surface area contributed by atoms with Crippen molar-refractivity contribution in [3.8, 4) is 11.5 Å². The van der Waals surface area contributed by atoms with E-state index in [1.165, 1.54) is 6.07 Å². The molecule has 2 nitrogen and oxygen atoms in total. The summed E-state index contributed by atoms with van der Waals surface area (Å²) in [7, 11) is 0. The molecule has 0 unspecified atom stereocenters. The van der Waals surface area contributed by atoms with Crippen molar-refractivity contribution < 1.29 is 26.7 Å². The Balaban J connectivity index is 0.00000225. The molecule has 0 N–H and O–H groups in total. The summed E-state index contributed by atoms with van der Waals surface area (Å²) in [4.78, 5) is 0. The van der Waals surface area contributed by atoms with Crippen LogP contribution in [0.1, 0.15) is 43.9 Å². The van der Waals surface area contributed by atoms with Crippen LogP contribution in [0, 0.1) is 0 Å². The molecule has 1 aromatic carbocycles. The van der Waals surface area contributed by atoms with E-state index in [0.717, 1.165) is 42.4 Å². The van der Waals surface area contributed by atoms with E-state index in [0.29, 0.717) is 0 Å². The van der Waals surface area contributed by atoms with Gasteiger partial charge in [0.25, 0.3) is 0 Å². The van der Waals surface area contributed by atoms with Crippen LogP contribution in [-0.2, 0) is 35.8 Å². The first-order chi connectivity index (χ1) is 7.15. The smallest absolute Gasteiger partial charge is 0.873 e. The number of rotatable bonds is 4. The van der Waals surface area contributed by atoms with Crippen LogP contribution in [0.3, 0.4) is 0 Å². The van der Waals surface area contributed by atoms with Gasteiger partial charge in [0.05, 0.1) is 0 Å². The van der Waals surface area contributed by atoms with Crippen molar-refractivity contribution in [3.63, 3.8) is 0 Å². The SMILES string of the molecule is CCCc1c([O-])c([O-])cc(CC)c1CC.[Ni+2]. The standard InChI is InChI=1S/C13H20O2.Ni/c1-4-7-11-10(6-3)9(5-2)8-12(14)13(11)15;/h8,14-15H,4-7H2,1-3H3;/q;+2/p-2. The Hall–Kier alpha value is -0.686. The van der Waals surface area contributed by atoms with E-state index in [9.17, 15) is 10.2 Å². The fourth-order valence-electron chi connectivity index (χ4n) is 2.06. The van der Waals surface area contributed by atoms with Crippen LogP contribution in [0.2, 0.25) is 0 Å². The van der Waals surface area contributed by atoms with Crippen molar-refractivity contribution in [2.45, 2.75) is 46.5 Å². The Bertz CT molecular complexity index is 348. The maximum atomic E-state index is 11.7. The Kier molecular flexibility index (Phi) is 6.51. The summed E-state index contributed by atoms with van der Waals surface area (Å²) in [6.45, 7) is 6.09. The zero-order valence-electron chi connectivity index (χ0n) is 10.0. The fourth-order valence-corrected chi connectivity index (χ4v) is 2.06. The maximum absolute atomic E-state index is 11.7. The Morgan fingerprint density at radius 1 is 1.00 bits per heavy atom. The molecule has 0 atom stereocenters. The topological polar surface area (TPSA) is 46.1 Å². The summed E-state index contributed by atoms with van der Waals surface area (Å²) in [6.07, 6.45) is 3.31. The summed E-state index contributed by atoms with van der Waals surface area (Å²) >= 11 is 0. The minimum absolute atomic E-state index is 0. The number of hydrogen-bond acceptors (Lipinski definition) is 2. The third-order valence-electron chi connectivity index (χ3n) is 2.79. The molecule has 0 aromatic heterocycles. The predicted molar refractivity (Wildman–Crippen MR) is 58.1 cm³/mol. The molecule has 0 aliphatic carbocycles. The number of aryl methyl sites for hydroxylation is 1. The molecule has 92 valence electrons. The van der Waals surface area contributed by atoms with Gasteiger partial charge in [-0.25, -0.2) is 0 Å². The van der Waals surface area contributed by atoms with Crippen LogP contribution in [0.15, 0.2) is 6.07 Å². The summed E-state index contributed by atoms with van der Waals surface area (Å²) in [6, 6.07) is 1.51. The summed E-state index contributed by atoms with van der Waals surface area (Å²) in [5.41, 5.74) is 2.90. The van der Waals surface area contributed by atoms with Crippen LogP contribution in [0.5, 0.6) is 11.5 Å².